The van der Waals surface area contributed by atoms with E-state index in [9.17, 15) is 15.0 Å². The Hall–Kier alpha value is -0.650. The predicted octanol–water partition coefficient (Wildman–Crippen LogP) is -0.0556. The minimum Gasteiger partial charge on any atom is -0.388 e. The lowest BCUT2D eigenvalue weighted by Crippen LogP contribution is -2.47. The third-order valence-electron chi connectivity index (χ3n) is 3.71. The third kappa shape index (κ3) is 2.78. The van der Waals surface area contributed by atoms with E-state index in [4.69, 9.17) is 4.74 Å². The zero-order chi connectivity index (χ0) is 12.4. The quantitative estimate of drug-likeness (QED) is 0.635. The first-order valence-electron chi connectivity index (χ1n) is 6.41. The van der Waals surface area contributed by atoms with Gasteiger partial charge in [0, 0.05) is 6.04 Å². The monoisotopic (exact) mass is 243 g/mol. The van der Waals surface area contributed by atoms with Crippen molar-refractivity contribution >= 4 is 5.91 Å². The Balaban J connectivity index is 1.87. The number of carbonyl (C=O) groups is 1. The number of hydrogen-bond acceptors (Lipinski definition) is 4. The minimum atomic E-state index is -1.12. The molecule has 1 aliphatic heterocycles. The maximum atomic E-state index is 11.9. The van der Waals surface area contributed by atoms with Gasteiger partial charge in [0.1, 0.15) is 12.2 Å². The summed E-state index contributed by atoms with van der Waals surface area (Å²) < 4.78 is 5.28. The lowest BCUT2D eigenvalue weighted by molar-refractivity contribution is -0.136. The summed E-state index contributed by atoms with van der Waals surface area (Å²) in [4.78, 5) is 11.9. The van der Waals surface area contributed by atoms with Gasteiger partial charge in [-0.15, -0.1) is 0 Å². The molecule has 1 amide bonds. The van der Waals surface area contributed by atoms with Gasteiger partial charge in [-0.3, -0.25) is 4.79 Å². The van der Waals surface area contributed by atoms with Gasteiger partial charge < -0.3 is 20.3 Å². The van der Waals surface area contributed by atoms with Gasteiger partial charge in [0.2, 0.25) is 0 Å². The Morgan fingerprint density at radius 2 is 1.82 bits per heavy atom. The molecule has 0 aromatic heterocycles. The van der Waals surface area contributed by atoms with Crippen LogP contribution in [-0.4, -0.2) is 46.6 Å². The van der Waals surface area contributed by atoms with Gasteiger partial charge in [0.15, 0.2) is 6.10 Å². The summed E-state index contributed by atoms with van der Waals surface area (Å²) in [6.45, 7) is 1.65. The second kappa shape index (κ2) is 5.33. The van der Waals surface area contributed by atoms with E-state index in [1.807, 2.05) is 0 Å². The lowest BCUT2D eigenvalue weighted by Gasteiger charge is -2.24. The standard InChI is InChI=1S/C12H21NO4/c1-7-9(14)10(15)11(17-7)12(16)13-8-5-3-2-4-6-8/h7-11,14-15H,2-6H2,1H3,(H,13,16)/t7-,9?,10?,11-/m0/s1. The molecule has 1 saturated heterocycles. The minimum absolute atomic E-state index is 0.195. The Kier molecular flexibility index (Phi) is 4.01. The van der Waals surface area contributed by atoms with E-state index < -0.39 is 24.4 Å². The molecule has 5 heteroatoms. The Morgan fingerprint density at radius 3 is 2.35 bits per heavy atom. The highest BCUT2D eigenvalue weighted by Crippen LogP contribution is 2.22. The number of aliphatic hydroxyl groups excluding tert-OH is 2. The predicted molar refractivity (Wildman–Crippen MR) is 61.4 cm³/mol. The average molecular weight is 243 g/mol. The number of aliphatic hydroxyl groups is 2. The fraction of sp³-hybridized carbons (Fsp3) is 0.917. The van der Waals surface area contributed by atoms with Crippen LogP contribution < -0.4 is 5.32 Å². The van der Waals surface area contributed by atoms with Crippen LogP contribution in [0.4, 0.5) is 0 Å². The molecular formula is C12H21NO4. The first kappa shape index (κ1) is 12.8. The summed E-state index contributed by atoms with van der Waals surface area (Å²) in [6, 6.07) is 0.195. The molecule has 2 fully saturated rings. The van der Waals surface area contributed by atoms with Crippen molar-refractivity contribution in [3.63, 3.8) is 0 Å². The summed E-state index contributed by atoms with van der Waals surface area (Å²) in [7, 11) is 0. The van der Waals surface area contributed by atoms with Crippen LogP contribution in [0.2, 0.25) is 0 Å². The molecule has 0 aromatic rings. The van der Waals surface area contributed by atoms with Crippen molar-refractivity contribution in [2.45, 2.75) is 69.5 Å². The van der Waals surface area contributed by atoms with Crippen molar-refractivity contribution in [1.82, 2.24) is 5.32 Å². The highest BCUT2D eigenvalue weighted by molar-refractivity contribution is 5.82. The van der Waals surface area contributed by atoms with E-state index in [0.717, 1.165) is 25.7 Å². The molecule has 98 valence electrons. The molecule has 3 N–H and O–H groups in total. The molecule has 0 spiro atoms. The van der Waals surface area contributed by atoms with E-state index in [-0.39, 0.29) is 11.9 Å². The van der Waals surface area contributed by atoms with Crippen LogP contribution in [0, 0.1) is 0 Å². The number of rotatable bonds is 2. The van der Waals surface area contributed by atoms with Gasteiger partial charge in [0.05, 0.1) is 6.10 Å². The van der Waals surface area contributed by atoms with Crippen LogP contribution in [-0.2, 0) is 9.53 Å². The van der Waals surface area contributed by atoms with Gasteiger partial charge >= 0.3 is 0 Å². The fourth-order valence-electron chi connectivity index (χ4n) is 2.60. The summed E-state index contributed by atoms with van der Waals surface area (Å²) in [5.74, 6) is -0.298. The SMILES string of the molecule is C[C@@H]1O[C@H](C(=O)NC2CCCCC2)C(O)C1O. The molecule has 1 saturated carbocycles. The van der Waals surface area contributed by atoms with Crippen molar-refractivity contribution in [3.05, 3.63) is 0 Å². The van der Waals surface area contributed by atoms with Gasteiger partial charge in [-0.05, 0) is 19.8 Å². The lowest BCUT2D eigenvalue weighted by atomic mass is 9.95. The molecule has 17 heavy (non-hydrogen) atoms. The van der Waals surface area contributed by atoms with Gasteiger partial charge in [0.25, 0.3) is 5.91 Å². The smallest absolute Gasteiger partial charge is 0.252 e. The zero-order valence-corrected chi connectivity index (χ0v) is 10.1. The maximum absolute atomic E-state index is 11.9. The number of carbonyl (C=O) groups excluding carboxylic acids is 1. The van der Waals surface area contributed by atoms with E-state index >= 15 is 0 Å². The first-order chi connectivity index (χ1) is 8.09. The highest BCUT2D eigenvalue weighted by atomic mass is 16.5. The summed E-state index contributed by atoms with van der Waals surface area (Å²) in [5.41, 5.74) is 0. The summed E-state index contributed by atoms with van der Waals surface area (Å²) >= 11 is 0. The van der Waals surface area contributed by atoms with E-state index in [1.54, 1.807) is 6.92 Å². The molecule has 2 unspecified atom stereocenters. The van der Waals surface area contributed by atoms with Crippen LogP contribution in [0.25, 0.3) is 0 Å². The molecule has 0 radical (unpaired) electrons. The van der Waals surface area contributed by atoms with Crippen LogP contribution >= 0.6 is 0 Å². The van der Waals surface area contributed by atoms with Crippen molar-refractivity contribution in [3.8, 4) is 0 Å². The van der Waals surface area contributed by atoms with E-state index in [0.29, 0.717) is 0 Å². The molecule has 0 bridgehead atoms. The molecule has 0 aromatic carbocycles. The van der Waals surface area contributed by atoms with Crippen LogP contribution in [0.3, 0.4) is 0 Å². The second-order valence-corrected chi connectivity index (χ2v) is 5.09. The summed E-state index contributed by atoms with van der Waals surface area (Å²) in [6.07, 6.45) is 1.97. The zero-order valence-electron chi connectivity index (χ0n) is 10.1. The highest BCUT2D eigenvalue weighted by Gasteiger charge is 2.44. The Morgan fingerprint density at radius 1 is 1.18 bits per heavy atom. The third-order valence-corrected chi connectivity index (χ3v) is 3.71. The van der Waals surface area contributed by atoms with Crippen LogP contribution in [0.1, 0.15) is 39.0 Å². The van der Waals surface area contributed by atoms with Crippen molar-refractivity contribution in [2.75, 3.05) is 0 Å². The van der Waals surface area contributed by atoms with Gasteiger partial charge in [-0.2, -0.15) is 0 Å². The van der Waals surface area contributed by atoms with Gasteiger partial charge in [-0.25, -0.2) is 0 Å². The van der Waals surface area contributed by atoms with Crippen LogP contribution in [0.5, 0.6) is 0 Å². The maximum Gasteiger partial charge on any atom is 0.252 e. The molecule has 4 atom stereocenters. The molecule has 2 rings (SSSR count). The van der Waals surface area contributed by atoms with Crippen molar-refractivity contribution in [1.29, 1.82) is 0 Å². The largest absolute Gasteiger partial charge is 0.388 e. The normalized spacial score (nSPS) is 39.2. The molecule has 2 aliphatic rings. The number of nitrogens with one attached hydrogen (secondary N) is 1. The topological polar surface area (TPSA) is 78.8 Å². The van der Waals surface area contributed by atoms with E-state index in [2.05, 4.69) is 5.32 Å². The molecule has 1 aliphatic carbocycles. The van der Waals surface area contributed by atoms with Crippen molar-refractivity contribution in [2.24, 2.45) is 0 Å². The number of hydrogen-bond donors (Lipinski definition) is 3. The Bertz CT molecular complexity index is 278. The van der Waals surface area contributed by atoms with Gasteiger partial charge in [-0.1, -0.05) is 19.3 Å². The molecular weight excluding hydrogens is 222 g/mol. The van der Waals surface area contributed by atoms with E-state index in [1.165, 1.54) is 6.42 Å². The number of amides is 1. The Labute approximate surface area is 101 Å². The van der Waals surface area contributed by atoms with Crippen LogP contribution in [0.15, 0.2) is 0 Å². The van der Waals surface area contributed by atoms with Crippen molar-refractivity contribution < 1.29 is 19.7 Å². The molecule has 5 nitrogen and oxygen atoms in total. The second-order valence-electron chi connectivity index (χ2n) is 5.09. The molecule has 1 heterocycles. The fourth-order valence-corrected chi connectivity index (χ4v) is 2.60. The first-order valence-corrected chi connectivity index (χ1v) is 6.41. The summed E-state index contributed by atoms with van der Waals surface area (Å²) in [5, 5.41) is 22.1. The average Bonchev–Trinajstić information content (AvgIpc) is 2.58. The number of ether oxygens (including phenoxy) is 1.